The topological polar surface area (TPSA) is 58.6 Å². The fourth-order valence-electron chi connectivity index (χ4n) is 3.56. The molecule has 0 aliphatic carbocycles. The lowest BCUT2D eigenvalue weighted by molar-refractivity contribution is -0.136. The van der Waals surface area contributed by atoms with Gasteiger partial charge in [-0.3, -0.25) is 9.59 Å². The van der Waals surface area contributed by atoms with E-state index in [9.17, 15) is 9.59 Å². The van der Waals surface area contributed by atoms with E-state index in [1.165, 1.54) is 0 Å². The summed E-state index contributed by atoms with van der Waals surface area (Å²) in [7, 11) is 0. The SMILES string of the molecule is CC(NC(=O)C1CCN(C(=O)CCOc2ccccc2)CC1)c1ccccc1Br. The van der Waals surface area contributed by atoms with Crippen molar-refractivity contribution in [3.63, 3.8) is 0 Å². The van der Waals surface area contributed by atoms with Crippen LogP contribution in [0.15, 0.2) is 59.1 Å². The van der Waals surface area contributed by atoms with Gasteiger partial charge in [0.25, 0.3) is 0 Å². The number of hydrogen-bond donors (Lipinski definition) is 1. The number of nitrogens with zero attached hydrogens (tertiary/aromatic N) is 1. The molecule has 2 aromatic carbocycles. The minimum atomic E-state index is -0.0622. The van der Waals surface area contributed by atoms with E-state index in [0.717, 1.165) is 15.8 Å². The Morgan fingerprint density at radius 2 is 1.76 bits per heavy atom. The highest BCUT2D eigenvalue weighted by molar-refractivity contribution is 9.10. The fourth-order valence-corrected chi connectivity index (χ4v) is 4.19. The Morgan fingerprint density at radius 3 is 2.45 bits per heavy atom. The smallest absolute Gasteiger partial charge is 0.225 e. The van der Waals surface area contributed by atoms with Gasteiger partial charge in [0.05, 0.1) is 19.1 Å². The molecule has 1 aliphatic rings. The Morgan fingerprint density at radius 1 is 1.10 bits per heavy atom. The highest BCUT2D eigenvalue weighted by atomic mass is 79.9. The predicted molar refractivity (Wildman–Crippen MR) is 117 cm³/mol. The lowest BCUT2D eigenvalue weighted by atomic mass is 9.95. The molecule has 1 unspecified atom stereocenters. The standard InChI is InChI=1S/C23H27BrN2O3/c1-17(20-9-5-6-10-21(20)24)25-23(28)18-11-14-26(15-12-18)22(27)13-16-29-19-7-3-2-4-8-19/h2-10,17-18H,11-16H2,1H3,(H,25,28). The summed E-state index contributed by atoms with van der Waals surface area (Å²) < 4.78 is 6.60. The average molecular weight is 459 g/mol. The van der Waals surface area contributed by atoms with Crippen molar-refractivity contribution in [2.45, 2.75) is 32.2 Å². The fraction of sp³-hybridized carbons (Fsp3) is 0.391. The van der Waals surface area contributed by atoms with Gasteiger partial charge in [-0.15, -0.1) is 0 Å². The molecule has 0 bridgehead atoms. The first-order chi connectivity index (χ1) is 14.0. The van der Waals surface area contributed by atoms with Crippen molar-refractivity contribution in [2.75, 3.05) is 19.7 Å². The predicted octanol–water partition coefficient (Wildman–Crippen LogP) is 4.33. The average Bonchev–Trinajstić information content (AvgIpc) is 2.74. The molecule has 6 heteroatoms. The number of para-hydroxylation sites is 1. The zero-order valence-corrected chi connectivity index (χ0v) is 18.2. The van der Waals surface area contributed by atoms with Crippen LogP contribution in [-0.2, 0) is 9.59 Å². The van der Waals surface area contributed by atoms with Crippen LogP contribution in [0.2, 0.25) is 0 Å². The van der Waals surface area contributed by atoms with Gasteiger partial charge in [0.15, 0.2) is 0 Å². The molecule has 2 amide bonds. The highest BCUT2D eigenvalue weighted by Gasteiger charge is 2.28. The molecule has 1 saturated heterocycles. The second-order valence-corrected chi connectivity index (χ2v) is 8.17. The van der Waals surface area contributed by atoms with Gasteiger partial charge in [0.2, 0.25) is 11.8 Å². The molecule has 0 saturated carbocycles. The van der Waals surface area contributed by atoms with Crippen molar-refractivity contribution >= 4 is 27.7 Å². The van der Waals surface area contributed by atoms with Crippen LogP contribution in [0, 0.1) is 5.92 Å². The van der Waals surface area contributed by atoms with Crippen molar-refractivity contribution < 1.29 is 14.3 Å². The van der Waals surface area contributed by atoms with Gasteiger partial charge in [-0.2, -0.15) is 0 Å². The number of nitrogens with one attached hydrogen (secondary N) is 1. The first kappa shape index (κ1) is 21.4. The van der Waals surface area contributed by atoms with Gasteiger partial charge in [0, 0.05) is 23.5 Å². The number of likely N-dealkylation sites (tertiary alicyclic amines) is 1. The maximum Gasteiger partial charge on any atom is 0.225 e. The minimum absolute atomic E-state index is 0.0513. The van der Waals surface area contributed by atoms with E-state index in [2.05, 4.69) is 21.2 Å². The van der Waals surface area contributed by atoms with Crippen LogP contribution in [-0.4, -0.2) is 36.4 Å². The molecule has 1 fully saturated rings. The second-order valence-electron chi connectivity index (χ2n) is 7.32. The Bertz CT molecular complexity index is 820. The van der Waals surface area contributed by atoms with Gasteiger partial charge >= 0.3 is 0 Å². The zero-order valence-electron chi connectivity index (χ0n) is 16.6. The van der Waals surface area contributed by atoms with Crippen molar-refractivity contribution in [3.05, 3.63) is 64.6 Å². The highest BCUT2D eigenvalue weighted by Crippen LogP contribution is 2.24. The molecular weight excluding hydrogens is 432 g/mol. The second kappa shape index (κ2) is 10.4. The quantitative estimate of drug-likeness (QED) is 0.671. The van der Waals surface area contributed by atoms with E-state index in [0.29, 0.717) is 39.0 Å². The summed E-state index contributed by atoms with van der Waals surface area (Å²) >= 11 is 3.54. The molecule has 0 radical (unpaired) electrons. The molecule has 5 nitrogen and oxygen atoms in total. The maximum atomic E-state index is 12.6. The van der Waals surface area contributed by atoms with Crippen LogP contribution < -0.4 is 10.1 Å². The largest absolute Gasteiger partial charge is 0.493 e. The molecule has 29 heavy (non-hydrogen) atoms. The van der Waals surface area contributed by atoms with Crippen molar-refractivity contribution in [1.29, 1.82) is 0 Å². The summed E-state index contributed by atoms with van der Waals surface area (Å²) in [6.45, 7) is 3.59. The molecule has 1 atom stereocenters. The Kier molecular flexibility index (Phi) is 7.69. The number of ether oxygens (including phenoxy) is 1. The number of carbonyl (C=O) groups is 2. The summed E-state index contributed by atoms with van der Waals surface area (Å²) in [6, 6.07) is 17.3. The normalized spacial score (nSPS) is 15.6. The van der Waals surface area contributed by atoms with Crippen LogP contribution in [0.3, 0.4) is 0 Å². The Balaban J connectivity index is 1.40. The number of piperidine rings is 1. The number of hydrogen-bond acceptors (Lipinski definition) is 3. The molecule has 3 rings (SSSR count). The monoisotopic (exact) mass is 458 g/mol. The lowest BCUT2D eigenvalue weighted by Crippen LogP contribution is -2.43. The van der Waals surface area contributed by atoms with Crippen LogP contribution in [0.25, 0.3) is 0 Å². The molecular formula is C23H27BrN2O3. The number of benzene rings is 2. The molecule has 1 N–H and O–H groups in total. The summed E-state index contributed by atoms with van der Waals surface area (Å²) in [5.41, 5.74) is 1.06. The number of amides is 2. The third kappa shape index (κ3) is 6.07. The summed E-state index contributed by atoms with van der Waals surface area (Å²) in [5, 5.41) is 3.11. The van der Waals surface area contributed by atoms with Gasteiger partial charge in [-0.1, -0.05) is 52.3 Å². The van der Waals surface area contributed by atoms with Gasteiger partial charge in [-0.25, -0.2) is 0 Å². The summed E-state index contributed by atoms with van der Waals surface area (Å²) in [6.07, 6.45) is 1.74. The molecule has 0 aromatic heterocycles. The van der Waals surface area contributed by atoms with E-state index >= 15 is 0 Å². The molecule has 2 aromatic rings. The number of halogens is 1. The van der Waals surface area contributed by atoms with Crippen molar-refractivity contribution in [1.82, 2.24) is 10.2 Å². The zero-order chi connectivity index (χ0) is 20.6. The van der Waals surface area contributed by atoms with E-state index in [4.69, 9.17) is 4.74 Å². The van der Waals surface area contributed by atoms with E-state index in [1.807, 2.05) is 66.4 Å². The van der Waals surface area contributed by atoms with Crippen LogP contribution >= 0.6 is 15.9 Å². The summed E-state index contributed by atoms with van der Waals surface area (Å²) in [4.78, 5) is 26.9. The maximum absolute atomic E-state index is 12.6. The Hall–Kier alpha value is -2.34. The third-order valence-electron chi connectivity index (χ3n) is 5.28. The van der Waals surface area contributed by atoms with Gasteiger partial charge in [0.1, 0.15) is 5.75 Å². The van der Waals surface area contributed by atoms with Crippen LogP contribution in [0.4, 0.5) is 0 Å². The first-order valence-electron chi connectivity index (χ1n) is 10.0. The Labute approximate surface area is 180 Å². The number of rotatable bonds is 7. The van der Waals surface area contributed by atoms with Gasteiger partial charge in [-0.05, 0) is 43.5 Å². The van der Waals surface area contributed by atoms with E-state index in [1.54, 1.807) is 0 Å². The molecule has 154 valence electrons. The van der Waals surface area contributed by atoms with Crippen LogP contribution in [0.1, 0.15) is 37.8 Å². The molecule has 1 heterocycles. The van der Waals surface area contributed by atoms with Crippen molar-refractivity contribution in [3.8, 4) is 5.75 Å². The van der Waals surface area contributed by atoms with E-state index < -0.39 is 0 Å². The molecule has 1 aliphatic heterocycles. The third-order valence-corrected chi connectivity index (χ3v) is 6.00. The minimum Gasteiger partial charge on any atom is -0.493 e. The first-order valence-corrected chi connectivity index (χ1v) is 10.8. The lowest BCUT2D eigenvalue weighted by Gasteiger charge is -2.32. The van der Waals surface area contributed by atoms with E-state index in [-0.39, 0.29) is 23.8 Å². The van der Waals surface area contributed by atoms with Gasteiger partial charge < -0.3 is 15.0 Å². The molecule has 0 spiro atoms. The van der Waals surface area contributed by atoms with Crippen LogP contribution in [0.5, 0.6) is 5.75 Å². The van der Waals surface area contributed by atoms with Crippen molar-refractivity contribution in [2.24, 2.45) is 5.92 Å². The summed E-state index contributed by atoms with van der Waals surface area (Å²) in [5.74, 6) is 0.869. The number of carbonyl (C=O) groups excluding carboxylic acids is 2.